The average Bonchev–Trinajstić information content (AvgIpc) is 3.51. The maximum Gasteiger partial charge on any atom is 0.164 e. The van der Waals surface area contributed by atoms with Crippen molar-refractivity contribution in [3.8, 4) is 45.6 Å². The normalized spacial score (nSPS) is 11.2. The molecule has 198 valence electrons. The van der Waals surface area contributed by atoms with Gasteiger partial charge in [-0.25, -0.2) is 22.8 Å². The molecule has 7 aromatic rings. The Labute approximate surface area is 235 Å². The van der Waals surface area contributed by atoms with Crippen LogP contribution in [-0.2, 0) is 0 Å². The number of para-hydroxylation sites is 1. The van der Waals surface area contributed by atoms with Gasteiger partial charge in [-0.15, -0.1) is 0 Å². The SMILES string of the molecule is N#Cc1c(F)c(C#N)c(F)c(-c2ccc(-c3ccc(-c4nc5ccccc5c5c4ccc4nonc45)cc3)cc2)c1F. The molecule has 0 unspecified atom stereocenters. The van der Waals surface area contributed by atoms with Gasteiger partial charge in [0.2, 0.25) is 0 Å². The van der Waals surface area contributed by atoms with Gasteiger partial charge in [-0.05, 0) is 45.2 Å². The van der Waals surface area contributed by atoms with E-state index < -0.39 is 34.1 Å². The van der Waals surface area contributed by atoms with Gasteiger partial charge in [-0.1, -0.05) is 66.7 Å². The van der Waals surface area contributed by atoms with Crippen LogP contribution < -0.4 is 0 Å². The Morgan fingerprint density at radius 1 is 0.571 bits per heavy atom. The minimum absolute atomic E-state index is 0.0684. The Bertz CT molecular complexity index is 2260. The zero-order valence-electron chi connectivity index (χ0n) is 21.4. The number of nitriles is 2. The van der Waals surface area contributed by atoms with E-state index >= 15 is 0 Å². The highest BCUT2D eigenvalue weighted by Gasteiger charge is 2.26. The highest BCUT2D eigenvalue weighted by molar-refractivity contribution is 6.20. The molecule has 0 radical (unpaired) electrons. The number of rotatable bonds is 3. The van der Waals surface area contributed by atoms with Crippen LogP contribution in [0.2, 0.25) is 0 Å². The van der Waals surface area contributed by atoms with Crippen molar-refractivity contribution in [1.82, 2.24) is 15.3 Å². The van der Waals surface area contributed by atoms with Gasteiger partial charge in [0.25, 0.3) is 0 Å². The summed E-state index contributed by atoms with van der Waals surface area (Å²) in [6.45, 7) is 0. The fourth-order valence-corrected chi connectivity index (χ4v) is 5.27. The van der Waals surface area contributed by atoms with Crippen molar-refractivity contribution < 1.29 is 17.8 Å². The summed E-state index contributed by atoms with van der Waals surface area (Å²) in [5.41, 5.74) is 2.75. The van der Waals surface area contributed by atoms with Gasteiger partial charge in [0.15, 0.2) is 17.5 Å². The average molecular weight is 554 g/mol. The Hall–Kier alpha value is -6.06. The number of hydrogen-bond donors (Lipinski definition) is 0. The van der Waals surface area contributed by atoms with Gasteiger partial charge >= 0.3 is 0 Å². The van der Waals surface area contributed by atoms with Gasteiger partial charge in [-0.3, -0.25) is 0 Å². The van der Waals surface area contributed by atoms with E-state index in [0.717, 1.165) is 44.1 Å². The van der Waals surface area contributed by atoms with Crippen molar-refractivity contribution in [2.75, 3.05) is 0 Å². The molecule has 0 atom stereocenters. The zero-order valence-corrected chi connectivity index (χ0v) is 21.4. The monoisotopic (exact) mass is 553 g/mol. The van der Waals surface area contributed by atoms with E-state index in [1.807, 2.05) is 60.7 Å². The van der Waals surface area contributed by atoms with Crippen LogP contribution in [0.1, 0.15) is 11.1 Å². The lowest BCUT2D eigenvalue weighted by molar-refractivity contribution is 0.316. The van der Waals surface area contributed by atoms with Crippen LogP contribution in [0, 0.1) is 40.1 Å². The van der Waals surface area contributed by atoms with Gasteiger partial charge in [0, 0.05) is 21.7 Å². The Morgan fingerprint density at radius 2 is 1.17 bits per heavy atom. The summed E-state index contributed by atoms with van der Waals surface area (Å²) in [6.07, 6.45) is 0. The van der Waals surface area contributed by atoms with Crippen LogP contribution in [0.4, 0.5) is 13.2 Å². The number of benzene rings is 5. The fraction of sp³-hybridized carbons (Fsp3) is 0. The third kappa shape index (κ3) is 3.69. The number of hydrogen-bond acceptors (Lipinski definition) is 6. The van der Waals surface area contributed by atoms with E-state index in [9.17, 15) is 13.2 Å². The molecule has 2 heterocycles. The topological polar surface area (TPSA) is 99.4 Å². The second-order valence-electron chi connectivity index (χ2n) is 9.54. The van der Waals surface area contributed by atoms with Crippen LogP contribution in [0.5, 0.6) is 0 Å². The van der Waals surface area contributed by atoms with Crippen molar-refractivity contribution in [2.45, 2.75) is 0 Å². The van der Waals surface area contributed by atoms with E-state index in [0.29, 0.717) is 11.0 Å². The molecule has 0 bridgehead atoms. The van der Waals surface area contributed by atoms with Gasteiger partial charge in [0.05, 0.1) is 16.8 Å². The summed E-state index contributed by atoms with van der Waals surface area (Å²) in [7, 11) is 0. The number of pyridine rings is 1. The van der Waals surface area contributed by atoms with Crippen LogP contribution in [0.3, 0.4) is 0 Å². The molecule has 9 heteroatoms. The summed E-state index contributed by atoms with van der Waals surface area (Å²) in [4.78, 5) is 4.94. The first kappa shape index (κ1) is 24.9. The van der Waals surface area contributed by atoms with E-state index in [4.69, 9.17) is 20.1 Å². The summed E-state index contributed by atoms with van der Waals surface area (Å²) < 4.78 is 49.0. The summed E-state index contributed by atoms with van der Waals surface area (Å²) in [5.74, 6) is -4.21. The summed E-state index contributed by atoms with van der Waals surface area (Å²) in [6, 6.07) is 28.2. The van der Waals surface area contributed by atoms with Crippen LogP contribution in [0.25, 0.3) is 66.2 Å². The second kappa shape index (κ2) is 9.54. The van der Waals surface area contributed by atoms with Crippen molar-refractivity contribution >= 4 is 32.7 Å². The molecule has 7 rings (SSSR count). The molecule has 0 spiro atoms. The molecular formula is C33H14F3N5O. The molecule has 0 aliphatic carbocycles. The van der Waals surface area contributed by atoms with Gasteiger partial charge < -0.3 is 0 Å². The van der Waals surface area contributed by atoms with E-state index in [1.165, 1.54) is 24.3 Å². The molecule has 0 saturated carbocycles. The minimum Gasteiger partial charge on any atom is -0.247 e. The quantitative estimate of drug-likeness (QED) is 0.205. The predicted octanol–water partition coefficient (Wildman–Crippen LogP) is 8.09. The Kier molecular flexibility index (Phi) is 5.67. The molecule has 6 nitrogen and oxygen atoms in total. The van der Waals surface area contributed by atoms with Crippen LogP contribution >= 0.6 is 0 Å². The van der Waals surface area contributed by atoms with Gasteiger partial charge in [-0.2, -0.15) is 10.5 Å². The highest BCUT2D eigenvalue weighted by atomic mass is 19.1. The van der Waals surface area contributed by atoms with E-state index in [2.05, 4.69) is 10.3 Å². The minimum atomic E-state index is -1.51. The number of fused-ring (bicyclic) bond motifs is 5. The van der Waals surface area contributed by atoms with Crippen LogP contribution in [-0.4, -0.2) is 15.3 Å². The predicted molar refractivity (Wildman–Crippen MR) is 150 cm³/mol. The molecule has 0 aliphatic heterocycles. The number of halogens is 3. The fourth-order valence-electron chi connectivity index (χ4n) is 5.27. The first-order valence-corrected chi connectivity index (χ1v) is 12.7. The first-order valence-electron chi connectivity index (χ1n) is 12.7. The third-order valence-corrected chi connectivity index (χ3v) is 7.29. The third-order valence-electron chi connectivity index (χ3n) is 7.29. The molecule has 0 saturated heterocycles. The molecule has 0 amide bonds. The van der Waals surface area contributed by atoms with E-state index in [1.54, 1.807) is 12.1 Å². The summed E-state index contributed by atoms with van der Waals surface area (Å²) in [5, 5.41) is 29.2. The lowest BCUT2D eigenvalue weighted by Crippen LogP contribution is -2.03. The Balaban J connectivity index is 1.29. The van der Waals surface area contributed by atoms with Crippen molar-refractivity contribution in [1.29, 1.82) is 10.5 Å². The lowest BCUT2D eigenvalue weighted by Gasteiger charge is -2.12. The molecule has 5 aromatic carbocycles. The largest absolute Gasteiger partial charge is 0.247 e. The summed E-state index contributed by atoms with van der Waals surface area (Å²) >= 11 is 0. The standard InChI is InChI=1S/C33H14F3N5O/c34-29-23(15-37)30(35)27(31(36)24(29)16-38)19-9-5-17(6-10-19)18-7-11-20(12-8-18)32-22-13-14-26-33(41-42-40-26)28(22)21-3-1-2-4-25(21)39-32/h1-14H. The molecule has 0 aliphatic rings. The maximum atomic E-state index is 14.9. The number of aromatic nitrogens is 3. The lowest BCUT2D eigenvalue weighted by atomic mass is 9.95. The molecular weight excluding hydrogens is 539 g/mol. The maximum absolute atomic E-state index is 14.9. The molecule has 42 heavy (non-hydrogen) atoms. The Morgan fingerprint density at radius 3 is 1.81 bits per heavy atom. The van der Waals surface area contributed by atoms with Crippen molar-refractivity contribution in [2.24, 2.45) is 0 Å². The second-order valence-corrected chi connectivity index (χ2v) is 9.54. The molecule has 2 aromatic heterocycles. The number of nitrogens with zero attached hydrogens (tertiary/aromatic N) is 5. The van der Waals surface area contributed by atoms with Crippen LogP contribution in [0.15, 0.2) is 89.6 Å². The zero-order chi connectivity index (χ0) is 29.0. The molecule has 0 fully saturated rings. The highest BCUT2D eigenvalue weighted by Crippen LogP contribution is 2.37. The van der Waals surface area contributed by atoms with Gasteiger partial charge in [0.1, 0.15) is 34.3 Å². The molecule has 0 N–H and O–H groups in total. The van der Waals surface area contributed by atoms with Crippen molar-refractivity contribution in [3.05, 3.63) is 114 Å². The van der Waals surface area contributed by atoms with E-state index in [-0.39, 0.29) is 5.56 Å². The first-order chi connectivity index (χ1) is 20.5. The smallest absolute Gasteiger partial charge is 0.164 e. The van der Waals surface area contributed by atoms with Crippen molar-refractivity contribution in [3.63, 3.8) is 0 Å².